The van der Waals surface area contributed by atoms with Crippen LogP contribution in [-0.4, -0.2) is 43.0 Å². The van der Waals surface area contributed by atoms with Crippen LogP contribution in [0.2, 0.25) is 0 Å². The van der Waals surface area contributed by atoms with Gasteiger partial charge >= 0.3 is 0 Å². The highest BCUT2D eigenvalue weighted by molar-refractivity contribution is 5.20. The summed E-state index contributed by atoms with van der Waals surface area (Å²) in [5, 5.41) is 0. The molecule has 2 atom stereocenters. The van der Waals surface area contributed by atoms with Gasteiger partial charge in [0.15, 0.2) is 5.79 Å². The summed E-state index contributed by atoms with van der Waals surface area (Å²) in [6.07, 6.45) is 8.62. The summed E-state index contributed by atoms with van der Waals surface area (Å²) in [5.74, 6) is 1.26. The number of nitrogens with zero attached hydrogens (tertiary/aromatic N) is 1. The van der Waals surface area contributed by atoms with Crippen molar-refractivity contribution in [3.05, 3.63) is 35.9 Å². The van der Waals surface area contributed by atoms with E-state index in [1.54, 1.807) is 0 Å². The van der Waals surface area contributed by atoms with E-state index in [0.29, 0.717) is 12.0 Å². The Morgan fingerprint density at radius 2 is 1.92 bits per heavy atom. The molecule has 2 unspecified atom stereocenters. The van der Waals surface area contributed by atoms with Gasteiger partial charge in [-0.05, 0) is 56.0 Å². The summed E-state index contributed by atoms with van der Waals surface area (Å²) in [7, 11) is 0. The van der Waals surface area contributed by atoms with E-state index in [-0.39, 0.29) is 5.79 Å². The molecule has 0 bridgehead atoms. The third-order valence-corrected chi connectivity index (χ3v) is 6.44. The number of rotatable bonds is 4. The Bertz CT molecular complexity index is 538. The average molecular weight is 344 g/mol. The van der Waals surface area contributed by atoms with Crippen LogP contribution in [0.3, 0.4) is 0 Å². The largest absolute Gasteiger partial charge is 0.347 e. The summed E-state index contributed by atoms with van der Waals surface area (Å²) in [6.45, 7) is 6.86. The summed E-state index contributed by atoms with van der Waals surface area (Å²) >= 11 is 0. The molecule has 3 aliphatic rings. The van der Waals surface area contributed by atoms with E-state index in [2.05, 4.69) is 42.2 Å². The minimum Gasteiger partial charge on any atom is -0.347 e. The van der Waals surface area contributed by atoms with Gasteiger partial charge in [0, 0.05) is 25.9 Å². The minimum atomic E-state index is -0.273. The summed E-state index contributed by atoms with van der Waals surface area (Å²) in [6, 6.07) is 10.9. The molecule has 3 heteroatoms. The number of ether oxygens (including phenoxy) is 2. The van der Waals surface area contributed by atoms with Crippen LogP contribution in [-0.2, 0) is 9.47 Å². The molecule has 2 aliphatic heterocycles. The Kier molecular flexibility index (Phi) is 5.44. The first-order valence-electron chi connectivity index (χ1n) is 10.3. The van der Waals surface area contributed by atoms with E-state index in [0.717, 1.165) is 31.8 Å². The second kappa shape index (κ2) is 7.77. The van der Waals surface area contributed by atoms with Crippen molar-refractivity contribution in [2.24, 2.45) is 5.92 Å². The van der Waals surface area contributed by atoms with Gasteiger partial charge in [0.1, 0.15) is 0 Å². The third-order valence-electron chi connectivity index (χ3n) is 6.44. The zero-order valence-electron chi connectivity index (χ0n) is 15.7. The van der Waals surface area contributed by atoms with Crippen LogP contribution in [0.1, 0.15) is 63.4 Å². The van der Waals surface area contributed by atoms with Gasteiger partial charge in [0.25, 0.3) is 0 Å². The lowest BCUT2D eigenvalue weighted by atomic mass is 9.81. The lowest BCUT2D eigenvalue weighted by Gasteiger charge is -2.36. The van der Waals surface area contributed by atoms with Crippen LogP contribution >= 0.6 is 0 Å². The molecule has 3 nitrogen and oxygen atoms in total. The van der Waals surface area contributed by atoms with Crippen LogP contribution in [0.4, 0.5) is 0 Å². The summed E-state index contributed by atoms with van der Waals surface area (Å²) in [5.41, 5.74) is 1.48. The number of hydrogen-bond donors (Lipinski definition) is 0. The highest BCUT2D eigenvalue weighted by Gasteiger charge is 2.44. The van der Waals surface area contributed by atoms with Gasteiger partial charge in [-0.2, -0.15) is 0 Å². The number of likely N-dealkylation sites (tertiary alicyclic amines) is 1. The zero-order valence-corrected chi connectivity index (χ0v) is 15.7. The monoisotopic (exact) mass is 343 g/mol. The van der Waals surface area contributed by atoms with Crippen LogP contribution in [0.15, 0.2) is 30.3 Å². The van der Waals surface area contributed by atoms with Gasteiger partial charge in [0.05, 0.1) is 12.7 Å². The first-order chi connectivity index (χ1) is 12.2. The molecular formula is C22H33NO2. The lowest BCUT2D eigenvalue weighted by Crippen LogP contribution is -2.37. The summed E-state index contributed by atoms with van der Waals surface area (Å²) < 4.78 is 12.6. The molecule has 2 heterocycles. The Morgan fingerprint density at radius 3 is 2.68 bits per heavy atom. The Hall–Kier alpha value is -0.900. The number of piperidine rings is 1. The van der Waals surface area contributed by atoms with Gasteiger partial charge in [0.2, 0.25) is 0 Å². The molecule has 1 aromatic rings. The van der Waals surface area contributed by atoms with Crippen molar-refractivity contribution in [1.82, 2.24) is 4.90 Å². The predicted molar refractivity (Wildman–Crippen MR) is 101 cm³/mol. The lowest BCUT2D eigenvalue weighted by molar-refractivity contribution is -0.189. The molecule has 1 aliphatic carbocycles. The van der Waals surface area contributed by atoms with Crippen molar-refractivity contribution < 1.29 is 9.47 Å². The van der Waals surface area contributed by atoms with Crippen molar-refractivity contribution in [2.75, 3.05) is 26.2 Å². The van der Waals surface area contributed by atoms with Crippen molar-refractivity contribution >= 4 is 0 Å². The van der Waals surface area contributed by atoms with Gasteiger partial charge in [-0.15, -0.1) is 0 Å². The molecule has 138 valence electrons. The molecule has 1 aromatic carbocycles. The maximum Gasteiger partial charge on any atom is 0.168 e. The number of hydrogen-bond acceptors (Lipinski definition) is 3. The Labute approximate surface area is 152 Å². The van der Waals surface area contributed by atoms with Crippen molar-refractivity contribution in [2.45, 2.75) is 69.7 Å². The van der Waals surface area contributed by atoms with E-state index in [1.165, 1.54) is 50.9 Å². The van der Waals surface area contributed by atoms with Gasteiger partial charge in [-0.25, -0.2) is 0 Å². The van der Waals surface area contributed by atoms with Crippen molar-refractivity contribution in [3.63, 3.8) is 0 Å². The highest BCUT2D eigenvalue weighted by Crippen LogP contribution is 2.43. The maximum absolute atomic E-state index is 6.44. The fourth-order valence-electron chi connectivity index (χ4n) is 4.95. The number of benzene rings is 1. The zero-order chi connectivity index (χ0) is 17.1. The predicted octanol–water partition coefficient (Wildman–Crippen LogP) is 4.58. The SMILES string of the molecule is CC1CCCN(CCC2COC3(CCC(c4ccccc4)CC3)O2)C1. The maximum atomic E-state index is 6.44. The standard InChI is InChI=1S/C22H33NO2/c1-18-6-5-14-23(16-18)15-11-21-17-24-22(25-21)12-9-20(10-13-22)19-7-3-2-4-8-19/h2-4,7-8,18,20-21H,5-6,9-17H2,1H3. The minimum absolute atomic E-state index is 0.273. The molecule has 1 saturated carbocycles. The Morgan fingerprint density at radius 1 is 1.12 bits per heavy atom. The van der Waals surface area contributed by atoms with E-state index >= 15 is 0 Å². The molecule has 0 N–H and O–H groups in total. The first kappa shape index (κ1) is 17.5. The van der Waals surface area contributed by atoms with E-state index in [1.807, 2.05) is 0 Å². The normalized spacial score (nSPS) is 36.8. The van der Waals surface area contributed by atoms with Crippen LogP contribution in [0, 0.1) is 5.92 Å². The molecular weight excluding hydrogens is 310 g/mol. The molecule has 4 rings (SSSR count). The molecule has 25 heavy (non-hydrogen) atoms. The van der Waals surface area contributed by atoms with Crippen LogP contribution in [0.25, 0.3) is 0 Å². The van der Waals surface area contributed by atoms with Crippen LogP contribution < -0.4 is 0 Å². The molecule has 3 fully saturated rings. The molecule has 0 radical (unpaired) electrons. The molecule has 2 saturated heterocycles. The highest BCUT2D eigenvalue weighted by atomic mass is 16.7. The van der Waals surface area contributed by atoms with Crippen LogP contribution in [0.5, 0.6) is 0 Å². The summed E-state index contributed by atoms with van der Waals surface area (Å²) in [4.78, 5) is 2.62. The van der Waals surface area contributed by atoms with Crippen molar-refractivity contribution in [3.8, 4) is 0 Å². The fraction of sp³-hybridized carbons (Fsp3) is 0.727. The molecule has 1 spiro atoms. The van der Waals surface area contributed by atoms with Gasteiger partial charge in [-0.1, -0.05) is 37.3 Å². The second-order valence-corrected chi connectivity index (χ2v) is 8.48. The topological polar surface area (TPSA) is 21.7 Å². The first-order valence-corrected chi connectivity index (χ1v) is 10.3. The van der Waals surface area contributed by atoms with E-state index in [9.17, 15) is 0 Å². The van der Waals surface area contributed by atoms with Gasteiger partial charge in [-0.3, -0.25) is 0 Å². The molecule has 0 amide bonds. The molecule has 0 aromatic heterocycles. The smallest absolute Gasteiger partial charge is 0.168 e. The van der Waals surface area contributed by atoms with E-state index in [4.69, 9.17) is 9.47 Å². The van der Waals surface area contributed by atoms with E-state index < -0.39 is 0 Å². The van der Waals surface area contributed by atoms with Crippen molar-refractivity contribution in [1.29, 1.82) is 0 Å². The Balaban J connectivity index is 1.24. The third kappa shape index (κ3) is 4.27. The average Bonchev–Trinajstić information content (AvgIpc) is 3.04. The quantitative estimate of drug-likeness (QED) is 0.799. The second-order valence-electron chi connectivity index (χ2n) is 8.48. The van der Waals surface area contributed by atoms with Gasteiger partial charge < -0.3 is 14.4 Å². The fourth-order valence-corrected chi connectivity index (χ4v) is 4.95.